The van der Waals surface area contributed by atoms with Gasteiger partial charge in [0.1, 0.15) is 10.6 Å². The molecule has 0 saturated heterocycles. The Bertz CT molecular complexity index is 1000. The van der Waals surface area contributed by atoms with E-state index in [2.05, 4.69) is 0 Å². The average molecular weight is 472 g/mol. The van der Waals surface area contributed by atoms with Gasteiger partial charge < -0.3 is 9.08 Å². The number of hydrogen-bond donors (Lipinski definition) is 0. The zero-order valence-corrected chi connectivity index (χ0v) is 19.2. The monoisotopic (exact) mass is 471 g/mol. The third-order valence-corrected chi connectivity index (χ3v) is 5.88. The fourth-order valence-electron chi connectivity index (χ4n) is 3.05. The molecule has 0 aliphatic rings. The van der Waals surface area contributed by atoms with E-state index in [9.17, 15) is 26.4 Å². The number of unbranched alkanes of at least 4 members (excludes halogenated alkanes) is 1. The molecule has 176 valence electrons. The number of rotatable bonds is 10. The molecule has 0 radical (unpaired) electrons. The van der Waals surface area contributed by atoms with E-state index < -0.39 is 26.8 Å². The van der Waals surface area contributed by atoms with Gasteiger partial charge in [-0.2, -0.15) is 21.6 Å². The molecule has 0 unspecified atom stereocenters. The van der Waals surface area contributed by atoms with Gasteiger partial charge >= 0.3 is 16.3 Å². The first-order chi connectivity index (χ1) is 14.9. The average Bonchev–Trinajstić information content (AvgIpc) is 2.72. The van der Waals surface area contributed by atoms with Crippen molar-refractivity contribution >= 4 is 16.0 Å². The number of halogens is 3. The standard InChI is InChI=1S/C23H28F3NO4S/c1-4-5-9-22(28)27(15-17(2)3)16-18-10-12-20(13-11-18)31-32(29,30)21-8-6-7-19(14-21)23(24,25)26/h6-8,10-14,17H,4-5,9,15-16H2,1-3H3. The second-order valence-corrected chi connectivity index (χ2v) is 9.52. The molecule has 1 amide bonds. The van der Waals surface area contributed by atoms with Crippen LogP contribution >= 0.6 is 0 Å². The Labute approximate surface area is 187 Å². The van der Waals surface area contributed by atoms with Crippen molar-refractivity contribution in [2.24, 2.45) is 5.92 Å². The largest absolute Gasteiger partial charge is 0.416 e. The molecule has 9 heteroatoms. The number of amides is 1. The van der Waals surface area contributed by atoms with Gasteiger partial charge in [0, 0.05) is 19.5 Å². The van der Waals surface area contributed by atoms with Gasteiger partial charge in [0.2, 0.25) is 5.91 Å². The second kappa shape index (κ2) is 10.8. The van der Waals surface area contributed by atoms with Crippen LogP contribution in [0.15, 0.2) is 53.4 Å². The summed E-state index contributed by atoms with van der Waals surface area (Å²) in [6.07, 6.45) is -2.45. The molecule has 0 spiro atoms. The summed E-state index contributed by atoms with van der Waals surface area (Å²) in [6, 6.07) is 9.50. The molecule has 2 aromatic carbocycles. The van der Waals surface area contributed by atoms with Crippen LogP contribution in [0.25, 0.3) is 0 Å². The third kappa shape index (κ3) is 7.55. The van der Waals surface area contributed by atoms with Crippen LogP contribution in [0.4, 0.5) is 13.2 Å². The first-order valence-electron chi connectivity index (χ1n) is 10.4. The van der Waals surface area contributed by atoms with Crippen molar-refractivity contribution in [3.05, 3.63) is 59.7 Å². The SMILES string of the molecule is CCCCC(=O)N(Cc1ccc(OS(=O)(=O)c2cccc(C(F)(F)F)c2)cc1)CC(C)C. The first-order valence-corrected chi connectivity index (χ1v) is 11.8. The van der Waals surface area contributed by atoms with E-state index in [1.807, 2.05) is 20.8 Å². The molecule has 0 fully saturated rings. The van der Waals surface area contributed by atoms with E-state index in [0.29, 0.717) is 31.5 Å². The van der Waals surface area contributed by atoms with Gasteiger partial charge in [-0.3, -0.25) is 4.79 Å². The first kappa shape index (κ1) is 25.7. The maximum atomic E-state index is 12.9. The number of alkyl halides is 3. The zero-order chi connectivity index (χ0) is 23.9. The fourth-order valence-corrected chi connectivity index (χ4v) is 4.03. The topological polar surface area (TPSA) is 63.7 Å². The lowest BCUT2D eigenvalue weighted by molar-refractivity contribution is -0.137. The van der Waals surface area contributed by atoms with E-state index in [1.54, 1.807) is 17.0 Å². The van der Waals surface area contributed by atoms with Crippen LogP contribution < -0.4 is 4.18 Å². The Morgan fingerprint density at radius 2 is 1.75 bits per heavy atom. The number of hydrogen-bond acceptors (Lipinski definition) is 4. The van der Waals surface area contributed by atoms with E-state index in [0.717, 1.165) is 36.6 Å². The molecular weight excluding hydrogens is 443 g/mol. The van der Waals surface area contributed by atoms with Crippen LogP contribution in [0, 0.1) is 5.92 Å². The van der Waals surface area contributed by atoms with Crippen molar-refractivity contribution in [2.75, 3.05) is 6.54 Å². The molecule has 0 aliphatic heterocycles. The number of carbonyl (C=O) groups excluding carboxylic acids is 1. The van der Waals surface area contributed by atoms with Crippen LogP contribution in [0.2, 0.25) is 0 Å². The van der Waals surface area contributed by atoms with Crippen molar-refractivity contribution in [3.8, 4) is 5.75 Å². The van der Waals surface area contributed by atoms with E-state index >= 15 is 0 Å². The summed E-state index contributed by atoms with van der Waals surface area (Å²) in [5.74, 6) is 0.327. The summed E-state index contributed by atoms with van der Waals surface area (Å²) in [6.45, 7) is 7.05. The fraction of sp³-hybridized carbons (Fsp3) is 0.435. The van der Waals surface area contributed by atoms with Gasteiger partial charge in [0.05, 0.1) is 5.56 Å². The molecular formula is C23H28F3NO4S. The molecule has 0 aliphatic carbocycles. The maximum absolute atomic E-state index is 12.9. The number of nitrogens with zero attached hydrogens (tertiary/aromatic N) is 1. The Kier molecular flexibility index (Phi) is 8.72. The van der Waals surface area contributed by atoms with Crippen molar-refractivity contribution in [2.45, 2.75) is 57.7 Å². The van der Waals surface area contributed by atoms with Gasteiger partial charge in [-0.1, -0.05) is 45.4 Å². The lowest BCUT2D eigenvalue weighted by Crippen LogP contribution is -2.33. The van der Waals surface area contributed by atoms with E-state index in [4.69, 9.17) is 4.18 Å². The summed E-state index contributed by atoms with van der Waals surface area (Å²) < 4.78 is 68.4. The highest BCUT2D eigenvalue weighted by Crippen LogP contribution is 2.31. The van der Waals surface area contributed by atoms with Gasteiger partial charge in [-0.05, 0) is 48.2 Å². The van der Waals surface area contributed by atoms with Crippen molar-refractivity contribution in [1.82, 2.24) is 4.90 Å². The van der Waals surface area contributed by atoms with Gasteiger partial charge in [0.25, 0.3) is 0 Å². The summed E-state index contributed by atoms with van der Waals surface area (Å²) >= 11 is 0. The van der Waals surface area contributed by atoms with Crippen LogP contribution in [-0.2, 0) is 27.6 Å². The maximum Gasteiger partial charge on any atom is 0.416 e. The normalized spacial score (nSPS) is 12.1. The van der Waals surface area contributed by atoms with Crippen molar-refractivity contribution < 1.29 is 30.6 Å². The second-order valence-electron chi connectivity index (χ2n) is 7.98. The summed E-state index contributed by atoms with van der Waals surface area (Å²) in [5.41, 5.74) is -0.283. The zero-order valence-electron chi connectivity index (χ0n) is 18.4. The lowest BCUT2D eigenvalue weighted by Gasteiger charge is -2.25. The van der Waals surface area contributed by atoms with Crippen LogP contribution in [0.1, 0.15) is 51.2 Å². The molecule has 0 heterocycles. The minimum absolute atomic E-state index is 0.0288. The molecule has 2 aromatic rings. The Balaban J connectivity index is 2.13. The lowest BCUT2D eigenvalue weighted by atomic mass is 10.1. The highest BCUT2D eigenvalue weighted by molar-refractivity contribution is 7.87. The van der Waals surface area contributed by atoms with Crippen LogP contribution in [0.5, 0.6) is 5.75 Å². The van der Waals surface area contributed by atoms with Crippen LogP contribution in [-0.4, -0.2) is 25.8 Å². The number of benzene rings is 2. The highest BCUT2D eigenvalue weighted by Gasteiger charge is 2.32. The third-order valence-electron chi connectivity index (χ3n) is 4.64. The molecule has 0 saturated carbocycles. The van der Waals surface area contributed by atoms with Crippen molar-refractivity contribution in [1.29, 1.82) is 0 Å². The smallest absolute Gasteiger partial charge is 0.379 e. The van der Waals surface area contributed by atoms with Gasteiger partial charge in [-0.15, -0.1) is 0 Å². The molecule has 0 aromatic heterocycles. The molecule has 0 atom stereocenters. The molecule has 32 heavy (non-hydrogen) atoms. The van der Waals surface area contributed by atoms with Crippen LogP contribution in [0.3, 0.4) is 0 Å². The Hall–Kier alpha value is -2.55. The molecule has 2 rings (SSSR count). The Morgan fingerprint density at radius 3 is 2.31 bits per heavy atom. The molecule has 0 N–H and O–H groups in total. The number of carbonyl (C=O) groups is 1. The van der Waals surface area contributed by atoms with E-state index in [1.165, 1.54) is 12.1 Å². The van der Waals surface area contributed by atoms with Crippen molar-refractivity contribution in [3.63, 3.8) is 0 Å². The minimum Gasteiger partial charge on any atom is -0.379 e. The van der Waals surface area contributed by atoms with E-state index in [-0.39, 0.29) is 11.7 Å². The molecule has 0 bridgehead atoms. The van der Waals surface area contributed by atoms with Gasteiger partial charge in [-0.25, -0.2) is 0 Å². The minimum atomic E-state index is -4.66. The summed E-state index contributed by atoms with van der Waals surface area (Å²) in [4.78, 5) is 13.7. The highest BCUT2D eigenvalue weighted by atomic mass is 32.2. The molecule has 5 nitrogen and oxygen atoms in total. The van der Waals surface area contributed by atoms with Gasteiger partial charge in [0.15, 0.2) is 0 Å². The summed E-state index contributed by atoms with van der Waals surface area (Å²) in [5, 5.41) is 0. The predicted octanol–water partition coefficient (Wildman–Crippen LogP) is 5.65. The quantitative estimate of drug-likeness (QED) is 0.420. The Morgan fingerprint density at radius 1 is 1.09 bits per heavy atom. The summed E-state index contributed by atoms with van der Waals surface area (Å²) in [7, 11) is -4.44. The predicted molar refractivity (Wildman–Crippen MR) is 115 cm³/mol.